The minimum Gasteiger partial charge on any atom is -0.507 e. The van der Waals surface area contributed by atoms with E-state index in [1.54, 1.807) is 24.4 Å². The van der Waals surface area contributed by atoms with Gasteiger partial charge in [0.05, 0.1) is 11.6 Å². The zero-order valence-corrected chi connectivity index (χ0v) is 17.1. The molecule has 3 aromatic rings. The van der Waals surface area contributed by atoms with Crippen LogP contribution in [0.2, 0.25) is 0 Å². The van der Waals surface area contributed by atoms with E-state index in [1.165, 1.54) is 18.2 Å². The summed E-state index contributed by atoms with van der Waals surface area (Å²) in [5, 5.41) is 20.2. The van der Waals surface area contributed by atoms with E-state index >= 15 is 0 Å². The van der Waals surface area contributed by atoms with Crippen LogP contribution in [0.4, 0.5) is 10.1 Å². The number of phenolic OH excluding ortho intramolecular Hbond substituents is 1. The molecule has 1 heterocycles. The fourth-order valence-electron chi connectivity index (χ4n) is 3.73. The molecule has 3 aromatic carbocycles. The lowest BCUT2D eigenvalue weighted by Crippen LogP contribution is -2.21. The molecule has 0 bridgehead atoms. The van der Waals surface area contributed by atoms with Gasteiger partial charge >= 0.3 is 0 Å². The maximum Gasteiger partial charge on any atom is 0.205 e. The molecular weight excluding hydrogens is 393 g/mol. The summed E-state index contributed by atoms with van der Waals surface area (Å²) in [4.78, 5) is 4.51. The Morgan fingerprint density at radius 1 is 1.16 bits per heavy atom. The molecule has 0 radical (unpaired) electrons. The van der Waals surface area contributed by atoms with Crippen LogP contribution in [-0.2, 0) is 0 Å². The molecule has 0 unspecified atom stereocenters. The predicted octanol–water partition coefficient (Wildman–Crippen LogP) is 5.12. The van der Waals surface area contributed by atoms with Gasteiger partial charge in [0.25, 0.3) is 0 Å². The molecule has 0 amide bonds. The summed E-state index contributed by atoms with van der Waals surface area (Å²) >= 11 is 0. The number of phenols is 1. The summed E-state index contributed by atoms with van der Waals surface area (Å²) in [5.41, 5.74) is 10.7. The van der Waals surface area contributed by atoms with Gasteiger partial charge in [-0.25, -0.2) is 4.39 Å². The Kier molecular flexibility index (Phi) is 5.18. The van der Waals surface area contributed by atoms with Crippen LogP contribution in [-0.4, -0.2) is 11.3 Å². The maximum absolute atomic E-state index is 13.9. The lowest BCUT2D eigenvalue weighted by Gasteiger charge is -2.27. The van der Waals surface area contributed by atoms with Crippen molar-refractivity contribution in [2.45, 2.75) is 19.8 Å². The largest absolute Gasteiger partial charge is 0.507 e. The zero-order chi connectivity index (χ0) is 22.1. The number of ether oxygens (including phenoxy) is 1. The van der Waals surface area contributed by atoms with Crippen molar-refractivity contribution < 1.29 is 14.2 Å². The minimum atomic E-state index is -0.627. The van der Waals surface area contributed by atoms with Crippen LogP contribution in [0, 0.1) is 31.0 Å². The maximum atomic E-state index is 13.9. The van der Waals surface area contributed by atoms with Crippen LogP contribution >= 0.6 is 0 Å². The summed E-state index contributed by atoms with van der Waals surface area (Å²) < 4.78 is 19.5. The van der Waals surface area contributed by atoms with Crippen molar-refractivity contribution in [3.05, 3.63) is 99.7 Å². The Bertz CT molecular complexity index is 1290. The van der Waals surface area contributed by atoms with Crippen LogP contribution in [0.3, 0.4) is 0 Å². The third-order valence-electron chi connectivity index (χ3n) is 5.24. The van der Waals surface area contributed by atoms with Gasteiger partial charge in [-0.2, -0.15) is 5.26 Å². The molecule has 1 atom stereocenters. The average Bonchev–Trinajstić information content (AvgIpc) is 2.72. The number of benzene rings is 3. The molecule has 0 saturated heterocycles. The number of nitrogens with zero attached hydrogens (tertiary/aromatic N) is 2. The van der Waals surface area contributed by atoms with Gasteiger partial charge in [0, 0.05) is 23.4 Å². The van der Waals surface area contributed by atoms with Crippen molar-refractivity contribution in [3.8, 4) is 17.6 Å². The molecule has 0 spiro atoms. The van der Waals surface area contributed by atoms with Gasteiger partial charge < -0.3 is 15.6 Å². The second-order valence-corrected chi connectivity index (χ2v) is 7.48. The van der Waals surface area contributed by atoms with Crippen LogP contribution in [0.5, 0.6) is 11.5 Å². The summed E-state index contributed by atoms with van der Waals surface area (Å²) in [7, 11) is 0. The molecule has 4 rings (SSSR count). The Morgan fingerprint density at radius 3 is 2.68 bits per heavy atom. The number of aromatic hydroxyl groups is 1. The number of fused-ring (bicyclic) bond motifs is 1. The van der Waals surface area contributed by atoms with Crippen molar-refractivity contribution >= 4 is 11.9 Å². The highest BCUT2D eigenvalue weighted by molar-refractivity contribution is 5.87. The van der Waals surface area contributed by atoms with Crippen molar-refractivity contribution in [2.75, 3.05) is 0 Å². The van der Waals surface area contributed by atoms with Crippen molar-refractivity contribution in [1.29, 1.82) is 5.26 Å². The molecule has 0 fully saturated rings. The number of halogens is 1. The second kappa shape index (κ2) is 7.96. The van der Waals surface area contributed by atoms with Gasteiger partial charge in [-0.15, -0.1) is 0 Å². The van der Waals surface area contributed by atoms with Gasteiger partial charge in [0.2, 0.25) is 5.88 Å². The fraction of sp³-hybridized carbons (Fsp3) is 0.120. The molecule has 0 aliphatic carbocycles. The summed E-state index contributed by atoms with van der Waals surface area (Å²) in [6.45, 7) is 3.97. The fourth-order valence-corrected chi connectivity index (χ4v) is 3.73. The standard InChI is InChI=1S/C25H20FN3O2/c1-14-6-7-21(15(2)8-14)29-13-17-10-19-23(11-22(17)30)31-25(28)20(12-27)24(19)16-4-3-5-18(26)9-16/h3-11,13,24,30H,28H2,1-2H3/t24-/m1/s1. The molecule has 1 aliphatic rings. The lowest BCUT2D eigenvalue weighted by molar-refractivity contribution is 0.388. The first kappa shape index (κ1) is 20.2. The first-order chi connectivity index (χ1) is 14.9. The monoisotopic (exact) mass is 413 g/mol. The van der Waals surface area contributed by atoms with E-state index in [0.717, 1.165) is 16.8 Å². The summed E-state index contributed by atoms with van der Waals surface area (Å²) in [5.74, 6) is -0.846. The van der Waals surface area contributed by atoms with Gasteiger partial charge in [0.15, 0.2) is 0 Å². The molecule has 154 valence electrons. The normalized spacial score (nSPS) is 15.5. The SMILES string of the molecule is Cc1ccc(N=Cc2cc3c(cc2O)OC(N)=C(C#N)[C@@H]3c2cccc(F)c2)c(C)c1. The van der Waals surface area contributed by atoms with E-state index in [-0.39, 0.29) is 17.2 Å². The van der Waals surface area contributed by atoms with E-state index in [4.69, 9.17) is 10.5 Å². The molecular formula is C25H20FN3O2. The minimum absolute atomic E-state index is 0.0431. The first-order valence-corrected chi connectivity index (χ1v) is 9.68. The molecule has 5 nitrogen and oxygen atoms in total. The van der Waals surface area contributed by atoms with E-state index in [1.807, 2.05) is 32.0 Å². The Hall–Kier alpha value is -4.11. The van der Waals surface area contributed by atoms with Gasteiger partial charge in [-0.05, 0) is 49.2 Å². The second-order valence-electron chi connectivity index (χ2n) is 7.48. The third-order valence-corrected chi connectivity index (χ3v) is 5.24. The van der Waals surface area contributed by atoms with E-state index in [2.05, 4.69) is 11.1 Å². The van der Waals surface area contributed by atoms with Gasteiger partial charge in [-0.3, -0.25) is 4.99 Å². The number of nitriles is 1. The van der Waals surface area contributed by atoms with E-state index < -0.39 is 11.7 Å². The number of rotatable bonds is 3. The third kappa shape index (κ3) is 3.86. The number of hydrogen-bond acceptors (Lipinski definition) is 5. The zero-order valence-electron chi connectivity index (χ0n) is 17.1. The number of hydrogen-bond donors (Lipinski definition) is 2. The van der Waals surface area contributed by atoms with Crippen molar-refractivity contribution in [2.24, 2.45) is 10.7 Å². The summed E-state index contributed by atoms with van der Waals surface area (Å²) in [6, 6.07) is 17.1. The van der Waals surface area contributed by atoms with E-state index in [9.17, 15) is 14.8 Å². The molecule has 1 aliphatic heterocycles. The predicted molar refractivity (Wildman–Crippen MR) is 117 cm³/mol. The lowest BCUT2D eigenvalue weighted by atomic mass is 9.83. The highest BCUT2D eigenvalue weighted by Gasteiger charge is 2.31. The summed E-state index contributed by atoms with van der Waals surface area (Å²) in [6.07, 6.45) is 1.56. The number of aryl methyl sites for hydroxylation is 2. The van der Waals surface area contributed by atoms with Crippen LogP contribution in [0.15, 0.2) is 71.0 Å². The molecule has 0 aromatic heterocycles. The number of nitrogens with two attached hydrogens (primary N) is 1. The van der Waals surface area contributed by atoms with Crippen LogP contribution in [0.1, 0.15) is 33.7 Å². The Balaban J connectivity index is 1.83. The first-order valence-electron chi connectivity index (χ1n) is 9.68. The molecule has 6 heteroatoms. The molecule has 31 heavy (non-hydrogen) atoms. The quantitative estimate of drug-likeness (QED) is 0.583. The average molecular weight is 413 g/mol. The van der Waals surface area contributed by atoms with Crippen molar-refractivity contribution in [3.63, 3.8) is 0 Å². The smallest absolute Gasteiger partial charge is 0.205 e. The van der Waals surface area contributed by atoms with E-state index in [0.29, 0.717) is 22.4 Å². The van der Waals surface area contributed by atoms with Gasteiger partial charge in [-0.1, -0.05) is 29.8 Å². The van der Waals surface area contributed by atoms with Crippen LogP contribution < -0.4 is 10.5 Å². The molecule has 0 saturated carbocycles. The van der Waals surface area contributed by atoms with Gasteiger partial charge in [0.1, 0.15) is 29.0 Å². The van der Waals surface area contributed by atoms with Crippen molar-refractivity contribution in [1.82, 2.24) is 0 Å². The number of allylic oxidation sites excluding steroid dienone is 1. The topological polar surface area (TPSA) is 91.6 Å². The Morgan fingerprint density at radius 2 is 1.97 bits per heavy atom. The number of aliphatic imine (C=N–C) groups is 1. The highest BCUT2D eigenvalue weighted by atomic mass is 19.1. The highest BCUT2D eigenvalue weighted by Crippen LogP contribution is 2.44. The molecule has 3 N–H and O–H groups in total. The van der Waals surface area contributed by atoms with Crippen LogP contribution in [0.25, 0.3) is 0 Å². The Labute approximate surface area is 179 Å².